The molecule has 0 atom stereocenters. The molecule has 0 aliphatic heterocycles. The van der Waals surface area contributed by atoms with Gasteiger partial charge in [-0.2, -0.15) is 0 Å². The van der Waals surface area contributed by atoms with E-state index in [0.717, 1.165) is 20.9 Å². The summed E-state index contributed by atoms with van der Waals surface area (Å²) in [5.74, 6) is 0.597. The Labute approximate surface area is 124 Å². The Balaban J connectivity index is 2.25. The van der Waals surface area contributed by atoms with Crippen LogP contribution in [0.15, 0.2) is 44.9 Å². The van der Waals surface area contributed by atoms with Crippen molar-refractivity contribution in [3.05, 3.63) is 40.0 Å². The van der Waals surface area contributed by atoms with Crippen molar-refractivity contribution in [3.63, 3.8) is 0 Å². The van der Waals surface area contributed by atoms with Crippen LogP contribution < -0.4 is 5.32 Å². The number of rotatable bonds is 4. The van der Waals surface area contributed by atoms with Crippen LogP contribution in [0.4, 0.5) is 5.95 Å². The standard InChI is InChI=1S/C12H11BrClN3S/c1-2-15-12-16-7-10(14)11(17-12)18-9-5-3-4-8(13)6-9/h3-7H,2H2,1H3,(H,15,16,17). The second-order valence-electron chi connectivity index (χ2n) is 3.44. The average molecular weight is 345 g/mol. The van der Waals surface area contributed by atoms with Crippen LogP contribution in [0.25, 0.3) is 0 Å². The molecule has 1 aromatic carbocycles. The molecular formula is C12H11BrClN3S. The normalized spacial score (nSPS) is 10.4. The van der Waals surface area contributed by atoms with Gasteiger partial charge in [0.25, 0.3) is 0 Å². The summed E-state index contributed by atoms with van der Waals surface area (Å²) in [5, 5.41) is 4.38. The summed E-state index contributed by atoms with van der Waals surface area (Å²) in [5.41, 5.74) is 0. The monoisotopic (exact) mass is 343 g/mol. The molecule has 0 saturated heterocycles. The molecule has 0 amide bonds. The van der Waals surface area contributed by atoms with Crippen molar-refractivity contribution in [2.75, 3.05) is 11.9 Å². The van der Waals surface area contributed by atoms with Crippen LogP contribution >= 0.6 is 39.3 Å². The van der Waals surface area contributed by atoms with Crippen LogP contribution in [0.1, 0.15) is 6.92 Å². The van der Waals surface area contributed by atoms with E-state index in [2.05, 4.69) is 31.2 Å². The topological polar surface area (TPSA) is 37.8 Å². The Morgan fingerprint density at radius 3 is 3.00 bits per heavy atom. The van der Waals surface area contributed by atoms with Gasteiger partial charge in [0, 0.05) is 15.9 Å². The Morgan fingerprint density at radius 2 is 2.28 bits per heavy atom. The van der Waals surface area contributed by atoms with E-state index in [1.54, 1.807) is 6.20 Å². The van der Waals surface area contributed by atoms with Gasteiger partial charge in [0.05, 0.1) is 11.2 Å². The lowest BCUT2D eigenvalue weighted by atomic mass is 10.4. The van der Waals surface area contributed by atoms with E-state index >= 15 is 0 Å². The third-order valence-corrected chi connectivity index (χ3v) is 3.93. The number of halogens is 2. The first-order valence-electron chi connectivity index (χ1n) is 5.39. The van der Waals surface area contributed by atoms with Gasteiger partial charge < -0.3 is 5.32 Å². The lowest BCUT2D eigenvalue weighted by molar-refractivity contribution is 1.01. The van der Waals surface area contributed by atoms with Crippen molar-refractivity contribution in [1.82, 2.24) is 9.97 Å². The zero-order valence-electron chi connectivity index (χ0n) is 9.65. The van der Waals surface area contributed by atoms with Crippen LogP contribution in [0, 0.1) is 0 Å². The van der Waals surface area contributed by atoms with Crippen molar-refractivity contribution in [2.24, 2.45) is 0 Å². The molecule has 0 fully saturated rings. The summed E-state index contributed by atoms with van der Waals surface area (Å²) in [7, 11) is 0. The minimum atomic E-state index is 0.557. The molecule has 0 radical (unpaired) electrons. The highest BCUT2D eigenvalue weighted by Crippen LogP contribution is 2.32. The molecule has 2 rings (SSSR count). The van der Waals surface area contributed by atoms with Crippen molar-refractivity contribution in [1.29, 1.82) is 0 Å². The smallest absolute Gasteiger partial charge is 0.223 e. The van der Waals surface area contributed by atoms with Crippen LogP contribution in [-0.4, -0.2) is 16.5 Å². The molecule has 18 heavy (non-hydrogen) atoms. The number of nitrogens with zero attached hydrogens (tertiary/aromatic N) is 2. The molecule has 3 nitrogen and oxygen atoms in total. The maximum Gasteiger partial charge on any atom is 0.223 e. The molecule has 94 valence electrons. The van der Waals surface area contributed by atoms with E-state index in [0.29, 0.717) is 11.0 Å². The van der Waals surface area contributed by atoms with E-state index in [9.17, 15) is 0 Å². The van der Waals surface area contributed by atoms with E-state index in [1.165, 1.54) is 11.8 Å². The number of nitrogens with one attached hydrogen (secondary N) is 1. The van der Waals surface area contributed by atoms with Crippen LogP contribution in [0.5, 0.6) is 0 Å². The third-order valence-electron chi connectivity index (χ3n) is 2.06. The summed E-state index contributed by atoms with van der Waals surface area (Å²) in [6.45, 7) is 2.78. The largest absolute Gasteiger partial charge is 0.354 e. The average Bonchev–Trinajstić information content (AvgIpc) is 2.34. The molecule has 1 heterocycles. The van der Waals surface area contributed by atoms with E-state index in [4.69, 9.17) is 11.6 Å². The van der Waals surface area contributed by atoms with Crippen LogP contribution in [-0.2, 0) is 0 Å². The van der Waals surface area contributed by atoms with Crippen molar-refractivity contribution >= 4 is 45.2 Å². The van der Waals surface area contributed by atoms with Gasteiger partial charge in [-0.1, -0.05) is 45.4 Å². The van der Waals surface area contributed by atoms with E-state index in [1.807, 2.05) is 31.2 Å². The van der Waals surface area contributed by atoms with E-state index in [-0.39, 0.29) is 0 Å². The van der Waals surface area contributed by atoms with Gasteiger partial charge in [0.1, 0.15) is 5.03 Å². The summed E-state index contributed by atoms with van der Waals surface area (Å²) >= 11 is 11.1. The quantitative estimate of drug-likeness (QED) is 0.830. The highest BCUT2D eigenvalue weighted by molar-refractivity contribution is 9.10. The van der Waals surface area contributed by atoms with Gasteiger partial charge in [-0.15, -0.1) is 0 Å². The first-order chi connectivity index (χ1) is 8.69. The molecule has 6 heteroatoms. The van der Waals surface area contributed by atoms with Gasteiger partial charge in [-0.05, 0) is 25.1 Å². The van der Waals surface area contributed by atoms with Gasteiger partial charge >= 0.3 is 0 Å². The Bertz CT molecular complexity index is 551. The molecule has 2 aromatic rings. The molecule has 0 aliphatic rings. The fraction of sp³-hybridized carbons (Fsp3) is 0.167. The summed E-state index contributed by atoms with van der Waals surface area (Å²) in [4.78, 5) is 9.57. The predicted molar refractivity (Wildman–Crippen MR) is 79.5 cm³/mol. The van der Waals surface area contributed by atoms with Gasteiger partial charge in [0.2, 0.25) is 5.95 Å². The zero-order chi connectivity index (χ0) is 13.0. The summed E-state index contributed by atoms with van der Waals surface area (Å²) < 4.78 is 1.03. The van der Waals surface area contributed by atoms with Crippen LogP contribution in [0.2, 0.25) is 5.02 Å². The SMILES string of the molecule is CCNc1ncc(Cl)c(Sc2cccc(Br)c2)n1. The van der Waals surface area contributed by atoms with Gasteiger partial charge in [-0.25, -0.2) is 9.97 Å². The van der Waals surface area contributed by atoms with Crippen molar-refractivity contribution < 1.29 is 0 Å². The fourth-order valence-corrected chi connectivity index (χ4v) is 2.90. The first kappa shape index (κ1) is 13.6. The zero-order valence-corrected chi connectivity index (χ0v) is 12.8. The Hall–Kier alpha value is -0.780. The summed E-state index contributed by atoms with van der Waals surface area (Å²) in [6.07, 6.45) is 1.62. The Kier molecular flexibility index (Phi) is 4.86. The molecule has 0 bridgehead atoms. The second-order valence-corrected chi connectivity index (χ2v) is 5.82. The highest BCUT2D eigenvalue weighted by Gasteiger charge is 2.07. The number of hydrogen-bond donors (Lipinski definition) is 1. The van der Waals surface area contributed by atoms with Crippen molar-refractivity contribution in [3.8, 4) is 0 Å². The minimum Gasteiger partial charge on any atom is -0.354 e. The third kappa shape index (κ3) is 3.60. The number of hydrogen-bond acceptors (Lipinski definition) is 4. The summed E-state index contributed by atoms with van der Waals surface area (Å²) in [6, 6.07) is 8.00. The van der Waals surface area contributed by atoms with Crippen LogP contribution in [0.3, 0.4) is 0 Å². The molecule has 0 saturated carbocycles. The maximum atomic E-state index is 6.10. The predicted octanol–water partition coefficient (Wildman–Crippen LogP) is 4.48. The van der Waals surface area contributed by atoms with Crippen molar-refractivity contribution in [2.45, 2.75) is 16.8 Å². The molecule has 0 spiro atoms. The van der Waals surface area contributed by atoms with E-state index < -0.39 is 0 Å². The van der Waals surface area contributed by atoms with Gasteiger partial charge in [0.15, 0.2) is 0 Å². The molecular weight excluding hydrogens is 334 g/mol. The maximum absolute atomic E-state index is 6.10. The fourth-order valence-electron chi connectivity index (χ4n) is 1.31. The molecule has 0 aliphatic carbocycles. The minimum absolute atomic E-state index is 0.557. The molecule has 1 aromatic heterocycles. The number of aromatic nitrogens is 2. The molecule has 1 N–H and O–H groups in total. The Morgan fingerprint density at radius 1 is 1.44 bits per heavy atom. The lowest BCUT2D eigenvalue weighted by Gasteiger charge is -2.06. The number of benzene rings is 1. The highest BCUT2D eigenvalue weighted by atomic mass is 79.9. The second kappa shape index (κ2) is 6.41. The lowest BCUT2D eigenvalue weighted by Crippen LogP contribution is -2.02. The molecule has 0 unspecified atom stereocenters. The number of anilines is 1. The first-order valence-corrected chi connectivity index (χ1v) is 7.37. The van der Waals surface area contributed by atoms with Gasteiger partial charge in [-0.3, -0.25) is 0 Å².